The highest BCUT2D eigenvalue weighted by Gasteiger charge is 2.12. The van der Waals surface area contributed by atoms with Crippen LogP contribution in [0.4, 0.5) is 5.82 Å². The molecule has 0 radical (unpaired) electrons. The maximum atomic E-state index is 5.95. The van der Waals surface area contributed by atoms with Gasteiger partial charge in [0.2, 0.25) is 0 Å². The number of nitrogens with zero attached hydrogens (tertiary/aromatic N) is 4. The number of aryl methyl sites for hydroxylation is 1. The van der Waals surface area contributed by atoms with Gasteiger partial charge in [0.15, 0.2) is 5.82 Å². The lowest BCUT2D eigenvalue weighted by atomic mass is 10.2. The number of rotatable bonds is 2. The van der Waals surface area contributed by atoms with Gasteiger partial charge in [-0.05, 0) is 13.0 Å². The van der Waals surface area contributed by atoms with Crippen molar-refractivity contribution < 1.29 is 0 Å². The molecule has 0 bridgehead atoms. The van der Waals surface area contributed by atoms with E-state index in [1.807, 2.05) is 49.0 Å². The number of hydrogen-bond acceptors (Lipinski definition) is 4. The fourth-order valence-electron chi connectivity index (χ4n) is 2.07. The number of nitrogens with two attached hydrogens (primary N) is 1. The Bertz CT molecular complexity index is 745. The first-order chi connectivity index (χ1) is 9.20. The highest BCUT2D eigenvalue weighted by atomic mass is 15.3. The molecule has 19 heavy (non-hydrogen) atoms. The van der Waals surface area contributed by atoms with E-state index in [9.17, 15) is 0 Å². The molecule has 5 heteroatoms. The van der Waals surface area contributed by atoms with Crippen molar-refractivity contribution in [2.75, 3.05) is 5.73 Å². The Morgan fingerprint density at radius 3 is 2.79 bits per heavy atom. The summed E-state index contributed by atoms with van der Waals surface area (Å²) in [6, 6.07) is 8.03. The molecule has 1 aromatic carbocycles. The molecule has 3 rings (SSSR count). The van der Waals surface area contributed by atoms with Gasteiger partial charge in [0, 0.05) is 17.4 Å². The van der Waals surface area contributed by atoms with E-state index < -0.39 is 0 Å². The van der Waals surface area contributed by atoms with E-state index >= 15 is 0 Å². The SMILES string of the molecule is CCc1nc(N)c(C)c(-n2ncc3ccccc32)n1. The quantitative estimate of drug-likeness (QED) is 0.760. The lowest BCUT2D eigenvalue weighted by molar-refractivity contribution is 0.825. The van der Waals surface area contributed by atoms with Crippen molar-refractivity contribution >= 4 is 16.7 Å². The molecule has 2 heterocycles. The Hall–Kier alpha value is -2.43. The van der Waals surface area contributed by atoms with Gasteiger partial charge in [0.25, 0.3) is 0 Å². The molecule has 0 aliphatic heterocycles. The Balaban J connectivity index is 2.29. The van der Waals surface area contributed by atoms with Gasteiger partial charge in [-0.15, -0.1) is 0 Å². The average Bonchev–Trinajstić information content (AvgIpc) is 2.85. The molecule has 0 atom stereocenters. The Morgan fingerprint density at radius 2 is 2.00 bits per heavy atom. The normalized spacial score (nSPS) is 11.1. The van der Waals surface area contributed by atoms with Crippen molar-refractivity contribution in [2.45, 2.75) is 20.3 Å². The Morgan fingerprint density at radius 1 is 1.21 bits per heavy atom. The summed E-state index contributed by atoms with van der Waals surface area (Å²) in [6.07, 6.45) is 2.58. The van der Waals surface area contributed by atoms with E-state index in [-0.39, 0.29) is 0 Å². The van der Waals surface area contributed by atoms with E-state index in [1.54, 1.807) is 0 Å². The summed E-state index contributed by atoms with van der Waals surface area (Å²) >= 11 is 0. The van der Waals surface area contributed by atoms with Gasteiger partial charge in [0.05, 0.1) is 11.7 Å². The third kappa shape index (κ3) is 1.83. The number of aromatic nitrogens is 4. The minimum Gasteiger partial charge on any atom is -0.383 e. The van der Waals surface area contributed by atoms with Crippen LogP contribution < -0.4 is 5.73 Å². The van der Waals surface area contributed by atoms with Crippen LogP contribution >= 0.6 is 0 Å². The van der Waals surface area contributed by atoms with Crippen molar-refractivity contribution in [1.82, 2.24) is 19.7 Å². The van der Waals surface area contributed by atoms with Crippen LogP contribution in [0.3, 0.4) is 0 Å². The van der Waals surface area contributed by atoms with Gasteiger partial charge in [0.1, 0.15) is 11.6 Å². The van der Waals surface area contributed by atoms with E-state index in [0.29, 0.717) is 5.82 Å². The molecule has 0 aliphatic carbocycles. The monoisotopic (exact) mass is 253 g/mol. The topological polar surface area (TPSA) is 69.6 Å². The second kappa shape index (κ2) is 4.35. The zero-order valence-corrected chi connectivity index (χ0v) is 11.0. The van der Waals surface area contributed by atoms with E-state index in [2.05, 4.69) is 15.1 Å². The second-order valence-corrected chi connectivity index (χ2v) is 4.44. The molecule has 0 spiro atoms. The number of fused-ring (bicyclic) bond motifs is 1. The molecule has 0 saturated carbocycles. The molecule has 0 unspecified atom stereocenters. The molecular weight excluding hydrogens is 238 g/mol. The van der Waals surface area contributed by atoms with Crippen molar-refractivity contribution in [1.29, 1.82) is 0 Å². The minimum atomic E-state index is 0.515. The largest absolute Gasteiger partial charge is 0.383 e. The van der Waals surface area contributed by atoms with Crippen LogP contribution in [0.5, 0.6) is 0 Å². The maximum Gasteiger partial charge on any atom is 0.162 e. The van der Waals surface area contributed by atoms with Gasteiger partial charge in [-0.3, -0.25) is 0 Å². The lowest BCUT2D eigenvalue weighted by Gasteiger charge is -2.10. The molecule has 2 N–H and O–H groups in total. The number of para-hydroxylation sites is 1. The van der Waals surface area contributed by atoms with E-state index in [4.69, 9.17) is 5.73 Å². The summed E-state index contributed by atoms with van der Waals surface area (Å²) in [5.74, 6) is 2.00. The standard InChI is InChI=1S/C14H15N5/c1-3-12-17-13(15)9(2)14(18-12)19-11-7-5-4-6-10(11)8-16-19/h4-8H,3H2,1-2H3,(H2,15,17,18). The zero-order chi connectivity index (χ0) is 13.4. The third-order valence-corrected chi connectivity index (χ3v) is 3.20. The van der Waals surface area contributed by atoms with Crippen LogP contribution in [0.15, 0.2) is 30.5 Å². The molecule has 2 aromatic heterocycles. The fourth-order valence-corrected chi connectivity index (χ4v) is 2.07. The van der Waals surface area contributed by atoms with E-state index in [0.717, 1.165) is 34.5 Å². The molecule has 3 aromatic rings. The average molecular weight is 253 g/mol. The van der Waals surface area contributed by atoms with Crippen molar-refractivity contribution in [3.05, 3.63) is 41.9 Å². The van der Waals surface area contributed by atoms with Gasteiger partial charge in [-0.2, -0.15) is 5.10 Å². The van der Waals surface area contributed by atoms with E-state index in [1.165, 1.54) is 0 Å². The molecule has 5 nitrogen and oxygen atoms in total. The summed E-state index contributed by atoms with van der Waals surface area (Å²) in [6.45, 7) is 3.93. The molecular formula is C14H15N5. The zero-order valence-electron chi connectivity index (χ0n) is 11.0. The lowest BCUT2D eigenvalue weighted by Crippen LogP contribution is -2.09. The summed E-state index contributed by atoms with van der Waals surface area (Å²) in [7, 11) is 0. The minimum absolute atomic E-state index is 0.515. The first-order valence-electron chi connectivity index (χ1n) is 6.27. The van der Waals surface area contributed by atoms with Gasteiger partial charge >= 0.3 is 0 Å². The van der Waals surface area contributed by atoms with Crippen LogP contribution in [-0.4, -0.2) is 19.7 Å². The summed E-state index contributed by atoms with van der Waals surface area (Å²) in [4.78, 5) is 8.82. The fraction of sp³-hybridized carbons (Fsp3) is 0.214. The Kier molecular flexibility index (Phi) is 2.67. The summed E-state index contributed by atoms with van der Waals surface area (Å²) < 4.78 is 1.82. The number of hydrogen-bond donors (Lipinski definition) is 1. The first kappa shape index (κ1) is 11.6. The van der Waals surface area contributed by atoms with Crippen LogP contribution in [0.1, 0.15) is 18.3 Å². The smallest absolute Gasteiger partial charge is 0.162 e. The van der Waals surface area contributed by atoms with Gasteiger partial charge in [-0.1, -0.05) is 25.1 Å². The van der Waals surface area contributed by atoms with Gasteiger partial charge in [-0.25, -0.2) is 14.6 Å². The number of benzene rings is 1. The highest BCUT2D eigenvalue weighted by molar-refractivity contribution is 5.80. The molecule has 0 aliphatic rings. The summed E-state index contributed by atoms with van der Waals surface area (Å²) in [5.41, 5.74) is 7.83. The predicted molar refractivity (Wildman–Crippen MR) is 75.2 cm³/mol. The first-order valence-corrected chi connectivity index (χ1v) is 6.27. The molecule has 0 fully saturated rings. The van der Waals surface area contributed by atoms with Crippen LogP contribution in [0.25, 0.3) is 16.7 Å². The van der Waals surface area contributed by atoms with Crippen LogP contribution in [0, 0.1) is 6.92 Å². The maximum absolute atomic E-state index is 5.95. The van der Waals surface area contributed by atoms with Crippen molar-refractivity contribution in [3.8, 4) is 5.82 Å². The van der Waals surface area contributed by atoms with Crippen molar-refractivity contribution in [3.63, 3.8) is 0 Å². The highest BCUT2D eigenvalue weighted by Crippen LogP contribution is 2.21. The second-order valence-electron chi connectivity index (χ2n) is 4.44. The number of anilines is 1. The third-order valence-electron chi connectivity index (χ3n) is 3.20. The molecule has 0 saturated heterocycles. The van der Waals surface area contributed by atoms with Gasteiger partial charge < -0.3 is 5.73 Å². The number of nitrogen functional groups attached to an aromatic ring is 1. The summed E-state index contributed by atoms with van der Waals surface area (Å²) in [5, 5.41) is 5.49. The van der Waals surface area contributed by atoms with Crippen LogP contribution in [-0.2, 0) is 6.42 Å². The molecule has 0 amide bonds. The molecule has 96 valence electrons. The Labute approximate surface area is 111 Å². The predicted octanol–water partition coefficient (Wildman–Crippen LogP) is 2.27. The van der Waals surface area contributed by atoms with Crippen LogP contribution in [0.2, 0.25) is 0 Å². The van der Waals surface area contributed by atoms with Crippen molar-refractivity contribution in [2.24, 2.45) is 0 Å².